The van der Waals surface area contributed by atoms with Crippen LogP contribution in [0, 0.1) is 0 Å². The molecule has 0 aliphatic rings. The van der Waals surface area contributed by atoms with Crippen LogP contribution in [-0.2, 0) is 4.79 Å². The van der Waals surface area contributed by atoms with Crippen LogP contribution >= 0.6 is 0 Å². The molecule has 0 saturated carbocycles. The zero-order valence-corrected chi connectivity index (χ0v) is 8.03. The molecule has 1 aromatic rings. The summed E-state index contributed by atoms with van der Waals surface area (Å²) >= 11 is 0. The minimum Gasteiger partial charge on any atom is -0.489 e. The summed E-state index contributed by atoms with van der Waals surface area (Å²) in [5.41, 5.74) is 0.957. The summed E-state index contributed by atoms with van der Waals surface area (Å²) in [4.78, 5) is 10.0. The van der Waals surface area contributed by atoms with Gasteiger partial charge in [-0.05, 0) is 36.8 Å². The molecule has 0 aliphatic heterocycles. The van der Waals surface area contributed by atoms with E-state index < -0.39 is 0 Å². The summed E-state index contributed by atoms with van der Waals surface area (Å²) in [5.74, 6) is 1.23. The Kier molecular flexibility index (Phi) is 3.73. The van der Waals surface area contributed by atoms with Crippen LogP contribution in [0.2, 0.25) is 0 Å². The Morgan fingerprint density at radius 3 is 2.43 bits per heavy atom. The number of hydrogen-bond donors (Lipinski definition) is 0. The summed E-state index contributed by atoms with van der Waals surface area (Å²) < 4.78 is 9.99. The largest absolute Gasteiger partial charge is 0.489 e. The number of carbonyl (C=O) groups is 1. The summed E-state index contributed by atoms with van der Waals surface area (Å²) in [5, 5.41) is 0. The van der Waals surface area contributed by atoms with E-state index in [-0.39, 0.29) is 0 Å². The molecule has 14 heavy (non-hydrogen) atoms. The monoisotopic (exact) mass is 192 g/mol. The third kappa shape index (κ3) is 3.31. The Morgan fingerprint density at radius 2 is 1.93 bits per heavy atom. The first-order valence-corrected chi connectivity index (χ1v) is 4.20. The molecule has 0 heterocycles. The third-order valence-corrected chi connectivity index (χ3v) is 1.49. The van der Waals surface area contributed by atoms with Crippen LogP contribution in [0.3, 0.4) is 0 Å². The van der Waals surface area contributed by atoms with Gasteiger partial charge >= 0.3 is 0 Å². The highest BCUT2D eigenvalue weighted by molar-refractivity contribution is 5.45. The molecule has 0 aliphatic carbocycles. The van der Waals surface area contributed by atoms with Gasteiger partial charge in [0, 0.05) is 0 Å². The van der Waals surface area contributed by atoms with Crippen molar-refractivity contribution >= 4 is 6.47 Å². The van der Waals surface area contributed by atoms with E-state index in [1.165, 1.54) is 0 Å². The topological polar surface area (TPSA) is 35.5 Å². The van der Waals surface area contributed by atoms with Crippen LogP contribution in [-0.4, -0.2) is 13.1 Å². The van der Waals surface area contributed by atoms with Crippen LogP contribution in [0.25, 0.3) is 0 Å². The average Bonchev–Trinajstić information content (AvgIpc) is 2.17. The zero-order valence-electron chi connectivity index (χ0n) is 8.03. The maximum atomic E-state index is 10.0. The number of rotatable bonds is 5. The van der Waals surface area contributed by atoms with Gasteiger partial charge in [0.1, 0.15) is 18.1 Å². The number of hydrogen-bond acceptors (Lipinski definition) is 3. The number of ether oxygens (including phenoxy) is 2. The van der Waals surface area contributed by atoms with E-state index in [4.69, 9.17) is 4.74 Å². The van der Waals surface area contributed by atoms with E-state index >= 15 is 0 Å². The molecule has 0 atom stereocenters. The van der Waals surface area contributed by atoms with Crippen molar-refractivity contribution in [3.05, 3.63) is 36.4 Å². The highest BCUT2D eigenvalue weighted by Crippen LogP contribution is 2.17. The lowest BCUT2D eigenvalue weighted by Gasteiger charge is -2.05. The summed E-state index contributed by atoms with van der Waals surface area (Å²) in [6.07, 6.45) is 0. The fourth-order valence-corrected chi connectivity index (χ4v) is 0.877. The van der Waals surface area contributed by atoms with Gasteiger partial charge in [0.15, 0.2) is 0 Å². The molecule has 0 bridgehead atoms. The smallest absolute Gasteiger partial charge is 0.298 e. The van der Waals surface area contributed by atoms with E-state index in [2.05, 4.69) is 11.3 Å². The van der Waals surface area contributed by atoms with E-state index in [0.29, 0.717) is 18.8 Å². The fraction of sp³-hybridized carbons (Fsp3) is 0.182. The molecule has 0 spiro atoms. The van der Waals surface area contributed by atoms with Crippen molar-refractivity contribution in [3.63, 3.8) is 0 Å². The van der Waals surface area contributed by atoms with Crippen LogP contribution in [0.15, 0.2) is 36.4 Å². The number of carbonyl (C=O) groups excluding carboxylic acids is 1. The molecule has 0 fully saturated rings. The fourth-order valence-electron chi connectivity index (χ4n) is 0.877. The lowest BCUT2D eigenvalue weighted by molar-refractivity contribution is -0.120. The minimum atomic E-state index is 0.393. The first-order chi connectivity index (χ1) is 6.72. The van der Waals surface area contributed by atoms with Gasteiger partial charge in [-0.25, -0.2) is 0 Å². The molecule has 3 heteroatoms. The lowest BCUT2D eigenvalue weighted by atomic mass is 10.3. The maximum absolute atomic E-state index is 10.0. The predicted molar refractivity (Wildman–Crippen MR) is 53.4 cm³/mol. The second-order valence-corrected chi connectivity index (χ2v) is 2.93. The van der Waals surface area contributed by atoms with Crippen LogP contribution in [0.1, 0.15) is 6.92 Å². The molecular formula is C11H12O3. The van der Waals surface area contributed by atoms with Crippen LogP contribution in [0.4, 0.5) is 0 Å². The van der Waals surface area contributed by atoms with Crippen LogP contribution < -0.4 is 9.47 Å². The van der Waals surface area contributed by atoms with E-state index in [0.717, 1.165) is 11.3 Å². The van der Waals surface area contributed by atoms with Crippen molar-refractivity contribution in [3.8, 4) is 11.5 Å². The Labute approximate surface area is 83.0 Å². The van der Waals surface area contributed by atoms with Crippen LogP contribution in [0.5, 0.6) is 11.5 Å². The first kappa shape index (κ1) is 10.3. The van der Waals surface area contributed by atoms with Crippen molar-refractivity contribution < 1.29 is 14.3 Å². The van der Waals surface area contributed by atoms with Gasteiger partial charge in [-0.3, -0.25) is 4.79 Å². The molecule has 3 nitrogen and oxygen atoms in total. The van der Waals surface area contributed by atoms with Crippen molar-refractivity contribution in [2.75, 3.05) is 6.61 Å². The van der Waals surface area contributed by atoms with Gasteiger partial charge in [0.2, 0.25) is 0 Å². The molecule has 0 radical (unpaired) electrons. The molecule has 0 aromatic heterocycles. The maximum Gasteiger partial charge on any atom is 0.298 e. The molecule has 0 saturated heterocycles. The Hall–Kier alpha value is -1.77. The average molecular weight is 192 g/mol. The number of benzene rings is 1. The standard InChI is InChI=1S/C11H12O3/c1-9(2)7-13-10-3-5-11(6-4-10)14-8-12/h3-6,8H,1,7H2,2H3. The highest BCUT2D eigenvalue weighted by atomic mass is 16.5. The molecule has 1 rings (SSSR count). The highest BCUT2D eigenvalue weighted by Gasteiger charge is 1.95. The van der Waals surface area contributed by atoms with Crippen molar-refractivity contribution in [1.29, 1.82) is 0 Å². The van der Waals surface area contributed by atoms with Gasteiger partial charge in [0.25, 0.3) is 6.47 Å². The molecule has 0 amide bonds. The quantitative estimate of drug-likeness (QED) is 0.529. The van der Waals surface area contributed by atoms with Gasteiger partial charge in [0.05, 0.1) is 0 Å². The van der Waals surface area contributed by atoms with Gasteiger partial charge in [-0.15, -0.1) is 0 Å². The molecule has 74 valence electrons. The third-order valence-electron chi connectivity index (χ3n) is 1.49. The van der Waals surface area contributed by atoms with Crippen molar-refractivity contribution in [2.24, 2.45) is 0 Å². The minimum absolute atomic E-state index is 0.393. The second-order valence-electron chi connectivity index (χ2n) is 2.93. The summed E-state index contributed by atoms with van der Waals surface area (Å²) in [7, 11) is 0. The summed E-state index contributed by atoms with van der Waals surface area (Å²) in [6, 6.07) is 6.81. The van der Waals surface area contributed by atoms with Gasteiger partial charge < -0.3 is 9.47 Å². The van der Waals surface area contributed by atoms with Gasteiger partial charge in [-0.2, -0.15) is 0 Å². The van der Waals surface area contributed by atoms with Crippen molar-refractivity contribution in [2.45, 2.75) is 6.92 Å². The Morgan fingerprint density at radius 1 is 1.36 bits per heavy atom. The van der Waals surface area contributed by atoms with E-state index in [9.17, 15) is 4.79 Å². The SMILES string of the molecule is C=C(C)COc1ccc(OC=O)cc1. The van der Waals surface area contributed by atoms with E-state index in [1.54, 1.807) is 24.3 Å². The molecule has 1 aromatic carbocycles. The van der Waals surface area contributed by atoms with Gasteiger partial charge in [-0.1, -0.05) is 6.58 Å². The molecule has 0 unspecified atom stereocenters. The molecule has 0 N–H and O–H groups in total. The van der Waals surface area contributed by atoms with E-state index in [1.807, 2.05) is 6.92 Å². The summed E-state index contributed by atoms with van der Waals surface area (Å²) in [6.45, 7) is 6.50. The Bertz CT molecular complexity index is 314. The predicted octanol–water partition coefficient (Wildman–Crippen LogP) is 2.18. The first-order valence-electron chi connectivity index (χ1n) is 4.20. The normalized spacial score (nSPS) is 9.21. The van der Waals surface area contributed by atoms with Crippen molar-refractivity contribution in [1.82, 2.24) is 0 Å². The molecular weight excluding hydrogens is 180 g/mol. The second kappa shape index (κ2) is 5.07. The Balaban J connectivity index is 2.54. The zero-order chi connectivity index (χ0) is 10.4. The lowest BCUT2D eigenvalue weighted by Crippen LogP contribution is -1.97.